The van der Waals surface area contributed by atoms with Crippen LogP contribution in [0.5, 0.6) is 0 Å². The summed E-state index contributed by atoms with van der Waals surface area (Å²) in [4.78, 5) is 0. The third-order valence-corrected chi connectivity index (χ3v) is 5.11. The standard InChI is InChI=1S/C14H22ClNO2S/c1-4-16(19(17,18)9-8-12(2)3)11-13-6-5-7-14(15)10-13/h5-7,10,12H,4,8-9,11H2,1-3H3. The Kier molecular flexibility index (Phi) is 6.30. The van der Waals surface area contributed by atoms with Gasteiger partial charge in [0.05, 0.1) is 5.75 Å². The maximum Gasteiger partial charge on any atom is 0.214 e. The Labute approximate surface area is 121 Å². The summed E-state index contributed by atoms with van der Waals surface area (Å²) in [6, 6.07) is 7.33. The van der Waals surface area contributed by atoms with Gasteiger partial charge in [-0.3, -0.25) is 0 Å². The van der Waals surface area contributed by atoms with E-state index in [4.69, 9.17) is 11.6 Å². The smallest absolute Gasteiger partial charge is 0.212 e. The molecule has 0 amide bonds. The molecule has 0 aliphatic rings. The van der Waals surface area contributed by atoms with Crippen LogP contribution in [0.1, 0.15) is 32.8 Å². The van der Waals surface area contributed by atoms with Gasteiger partial charge in [-0.15, -0.1) is 0 Å². The molecule has 1 rings (SSSR count). The van der Waals surface area contributed by atoms with Crippen LogP contribution < -0.4 is 0 Å². The van der Waals surface area contributed by atoms with Crippen molar-refractivity contribution >= 4 is 21.6 Å². The van der Waals surface area contributed by atoms with Crippen molar-refractivity contribution in [1.29, 1.82) is 0 Å². The van der Waals surface area contributed by atoms with Gasteiger partial charge in [-0.2, -0.15) is 4.31 Å². The zero-order chi connectivity index (χ0) is 14.5. The van der Waals surface area contributed by atoms with Gasteiger partial charge < -0.3 is 0 Å². The second-order valence-electron chi connectivity index (χ2n) is 5.05. The Hall–Kier alpha value is -0.580. The second-order valence-corrected chi connectivity index (χ2v) is 7.58. The average Bonchev–Trinajstić information content (AvgIpc) is 2.33. The minimum absolute atomic E-state index is 0.207. The Morgan fingerprint density at radius 2 is 2.00 bits per heavy atom. The van der Waals surface area contributed by atoms with Gasteiger partial charge in [0.1, 0.15) is 0 Å². The van der Waals surface area contributed by atoms with Gasteiger partial charge in [-0.1, -0.05) is 44.5 Å². The van der Waals surface area contributed by atoms with E-state index in [1.165, 1.54) is 4.31 Å². The third kappa shape index (κ3) is 5.51. The molecule has 0 bridgehead atoms. The third-order valence-electron chi connectivity index (χ3n) is 2.95. The molecule has 0 spiro atoms. The lowest BCUT2D eigenvalue weighted by Gasteiger charge is -2.21. The lowest BCUT2D eigenvalue weighted by atomic mass is 10.2. The molecule has 1 aromatic rings. The average molecular weight is 304 g/mol. The first-order valence-corrected chi connectivity index (χ1v) is 8.56. The zero-order valence-electron chi connectivity index (χ0n) is 11.8. The lowest BCUT2D eigenvalue weighted by Crippen LogP contribution is -2.32. The molecule has 0 saturated heterocycles. The molecule has 3 nitrogen and oxygen atoms in total. The van der Waals surface area contributed by atoms with Crippen molar-refractivity contribution in [3.8, 4) is 0 Å². The highest BCUT2D eigenvalue weighted by atomic mass is 35.5. The van der Waals surface area contributed by atoms with Crippen molar-refractivity contribution in [2.75, 3.05) is 12.3 Å². The number of halogens is 1. The molecule has 108 valence electrons. The molecule has 5 heteroatoms. The summed E-state index contributed by atoms with van der Waals surface area (Å²) in [5.41, 5.74) is 0.919. The molecule has 0 heterocycles. The molecule has 0 aliphatic carbocycles. The van der Waals surface area contributed by atoms with Crippen molar-refractivity contribution in [1.82, 2.24) is 4.31 Å². The zero-order valence-corrected chi connectivity index (χ0v) is 13.3. The molecule has 0 aromatic heterocycles. The number of hydrogen-bond acceptors (Lipinski definition) is 2. The normalized spacial score (nSPS) is 12.3. The van der Waals surface area contributed by atoms with E-state index in [1.54, 1.807) is 6.07 Å². The summed E-state index contributed by atoms with van der Waals surface area (Å²) in [6.45, 7) is 6.79. The first kappa shape index (κ1) is 16.5. The maximum absolute atomic E-state index is 12.2. The molecular weight excluding hydrogens is 282 g/mol. The van der Waals surface area contributed by atoms with Crippen LogP contribution in [0.3, 0.4) is 0 Å². The van der Waals surface area contributed by atoms with E-state index < -0.39 is 10.0 Å². The van der Waals surface area contributed by atoms with Crippen molar-refractivity contribution in [3.05, 3.63) is 34.9 Å². The van der Waals surface area contributed by atoms with Gasteiger partial charge in [0.25, 0.3) is 0 Å². The Morgan fingerprint density at radius 3 is 2.53 bits per heavy atom. The molecular formula is C14H22ClNO2S. The molecule has 0 fully saturated rings. The summed E-state index contributed by atoms with van der Waals surface area (Å²) in [5, 5.41) is 0.633. The monoisotopic (exact) mass is 303 g/mol. The summed E-state index contributed by atoms with van der Waals surface area (Å²) < 4.78 is 26.0. The van der Waals surface area contributed by atoms with E-state index in [0.717, 1.165) is 5.56 Å². The SMILES string of the molecule is CCN(Cc1cccc(Cl)c1)S(=O)(=O)CCC(C)C. The molecule has 1 aromatic carbocycles. The topological polar surface area (TPSA) is 37.4 Å². The van der Waals surface area contributed by atoms with Crippen LogP contribution in [-0.2, 0) is 16.6 Å². The van der Waals surface area contributed by atoms with Crippen LogP contribution in [0.2, 0.25) is 5.02 Å². The minimum Gasteiger partial charge on any atom is -0.212 e. The van der Waals surface area contributed by atoms with Gasteiger partial charge in [-0.05, 0) is 30.0 Å². The predicted molar refractivity (Wildman–Crippen MR) is 80.8 cm³/mol. The molecule has 0 saturated carbocycles. The largest absolute Gasteiger partial charge is 0.214 e. The number of hydrogen-bond donors (Lipinski definition) is 0. The Morgan fingerprint density at radius 1 is 1.32 bits per heavy atom. The van der Waals surface area contributed by atoms with E-state index in [0.29, 0.717) is 30.5 Å². The highest BCUT2D eigenvalue weighted by Gasteiger charge is 2.20. The van der Waals surface area contributed by atoms with Gasteiger partial charge in [-0.25, -0.2) is 8.42 Å². The second kappa shape index (κ2) is 7.27. The Bertz CT molecular complexity index is 500. The maximum atomic E-state index is 12.2. The van der Waals surface area contributed by atoms with E-state index in [-0.39, 0.29) is 5.75 Å². The van der Waals surface area contributed by atoms with E-state index in [9.17, 15) is 8.42 Å². The first-order valence-electron chi connectivity index (χ1n) is 6.57. The van der Waals surface area contributed by atoms with Gasteiger partial charge in [0, 0.05) is 18.1 Å². The molecule has 0 N–H and O–H groups in total. The number of rotatable bonds is 7. The van der Waals surface area contributed by atoms with E-state index in [1.807, 2.05) is 39.0 Å². The van der Waals surface area contributed by atoms with Crippen molar-refractivity contribution in [2.45, 2.75) is 33.7 Å². The van der Waals surface area contributed by atoms with Gasteiger partial charge in [0.15, 0.2) is 0 Å². The summed E-state index contributed by atoms with van der Waals surface area (Å²) >= 11 is 5.92. The predicted octanol–water partition coefficient (Wildman–Crippen LogP) is 3.54. The van der Waals surface area contributed by atoms with E-state index in [2.05, 4.69) is 0 Å². The number of nitrogens with zero attached hydrogens (tertiary/aromatic N) is 1. The fraction of sp³-hybridized carbons (Fsp3) is 0.571. The highest BCUT2D eigenvalue weighted by Crippen LogP contribution is 2.16. The van der Waals surface area contributed by atoms with Crippen LogP contribution in [0.25, 0.3) is 0 Å². The van der Waals surface area contributed by atoms with E-state index >= 15 is 0 Å². The fourth-order valence-corrected chi connectivity index (χ4v) is 3.74. The summed E-state index contributed by atoms with van der Waals surface area (Å²) in [6.07, 6.45) is 0.689. The van der Waals surface area contributed by atoms with Crippen LogP contribution in [-0.4, -0.2) is 25.0 Å². The number of benzene rings is 1. The van der Waals surface area contributed by atoms with Crippen LogP contribution in [0.4, 0.5) is 0 Å². The molecule has 0 aliphatic heterocycles. The highest BCUT2D eigenvalue weighted by molar-refractivity contribution is 7.89. The molecule has 0 unspecified atom stereocenters. The number of sulfonamides is 1. The molecule has 0 radical (unpaired) electrons. The van der Waals surface area contributed by atoms with Crippen LogP contribution in [0.15, 0.2) is 24.3 Å². The van der Waals surface area contributed by atoms with Gasteiger partial charge >= 0.3 is 0 Å². The van der Waals surface area contributed by atoms with Crippen LogP contribution >= 0.6 is 11.6 Å². The van der Waals surface area contributed by atoms with Crippen molar-refractivity contribution in [2.24, 2.45) is 5.92 Å². The van der Waals surface area contributed by atoms with Crippen LogP contribution in [0, 0.1) is 5.92 Å². The van der Waals surface area contributed by atoms with Crippen molar-refractivity contribution < 1.29 is 8.42 Å². The molecule has 19 heavy (non-hydrogen) atoms. The van der Waals surface area contributed by atoms with Crippen molar-refractivity contribution in [3.63, 3.8) is 0 Å². The summed E-state index contributed by atoms with van der Waals surface area (Å²) in [5.74, 6) is 0.596. The van der Waals surface area contributed by atoms with Gasteiger partial charge in [0.2, 0.25) is 10.0 Å². The first-order chi connectivity index (χ1) is 8.85. The molecule has 0 atom stereocenters. The quantitative estimate of drug-likeness (QED) is 0.772. The fourth-order valence-electron chi connectivity index (χ4n) is 1.76. The summed E-state index contributed by atoms with van der Waals surface area (Å²) in [7, 11) is -3.19. The minimum atomic E-state index is -3.19. The Balaban J connectivity index is 2.77. The lowest BCUT2D eigenvalue weighted by molar-refractivity contribution is 0.419.